The van der Waals surface area contributed by atoms with E-state index >= 15 is 0 Å². The molecule has 2 aliphatic heterocycles. The number of nitrogens with two attached hydrogens (primary N) is 1. The van der Waals surface area contributed by atoms with Crippen molar-refractivity contribution in [1.29, 1.82) is 0 Å². The summed E-state index contributed by atoms with van der Waals surface area (Å²) in [6.07, 6.45) is 1.90. The Kier molecular flexibility index (Phi) is 0.928. The lowest BCUT2D eigenvalue weighted by Crippen LogP contribution is -2.40. The van der Waals surface area contributed by atoms with Crippen LogP contribution < -0.4 is 5.73 Å². The molecule has 3 fully saturated rings. The quantitative estimate of drug-likeness (QED) is 0.481. The highest BCUT2D eigenvalue weighted by atomic mass is 16.3. The van der Waals surface area contributed by atoms with E-state index in [9.17, 15) is 5.11 Å². The number of hydrogen-bond donors (Lipinski definition) is 2. The highest BCUT2D eigenvalue weighted by Crippen LogP contribution is 2.43. The van der Waals surface area contributed by atoms with Crippen molar-refractivity contribution in [2.75, 3.05) is 13.2 Å². The van der Waals surface area contributed by atoms with Gasteiger partial charge in [0.1, 0.15) is 0 Å². The zero-order chi connectivity index (χ0) is 6.48. The second-order valence-corrected chi connectivity index (χ2v) is 3.22. The van der Waals surface area contributed by atoms with E-state index in [1.807, 2.05) is 0 Å². The van der Waals surface area contributed by atoms with Crippen molar-refractivity contribution in [2.45, 2.75) is 24.5 Å². The van der Waals surface area contributed by atoms with Crippen LogP contribution in [0.5, 0.6) is 0 Å². The van der Waals surface area contributed by atoms with Gasteiger partial charge < -0.3 is 10.8 Å². The molecule has 2 heterocycles. The first-order chi connectivity index (χ1) is 4.23. The van der Waals surface area contributed by atoms with Crippen LogP contribution in [-0.2, 0) is 0 Å². The highest BCUT2D eigenvalue weighted by Gasteiger charge is 2.53. The molecule has 1 aliphatic carbocycles. The number of rotatable bonds is 1. The largest absolute Gasteiger partial charge is 0.388 e. The number of nitrogens with zero attached hydrogens (tertiary/aromatic N) is 1. The summed E-state index contributed by atoms with van der Waals surface area (Å²) < 4.78 is 0. The van der Waals surface area contributed by atoms with E-state index in [2.05, 4.69) is 4.90 Å². The Bertz CT molecular complexity index is 131. The molecule has 2 bridgehead atoms. The van der Waals surface area contributed by atoms with Crippen LogP contribution in [0.4, 0.5) is 0 Å². The van der Waals surface area contributed by atoms with Crippen molar-refractivity contribution in [3.8, 4) is 0 Å². The van der Waals surface area contributed by atoms with E-state index in [1.54, 1.807) is 0 Å². The average molecular weight is 128 g/mol. The second kappa shape index (κ2) is 1.48. The maximum absolute atomic E-state index is 9.46. The monoisotopic (exact) mass is 128 g/mol. The fourth-order valence-electron chi connectivity index (χ4n) is 1.93. The van der Waals surface area contributed by atoms with Crippen molar-refractivity contribution >= 4 is 0 Å². The van der Waals surface area contributed by atoms with Crippen molar-refractivity contribution in [3.63, 3.8) is 0 Å². The highest BCUT2D eigenvalue weighted by molar-refractivity contribution is 5.08. The normalized spacial score (nSPS) is 49.3. The second-order valence-electron chi connectivity index (χ2n) is 3.22. The Morgan fingerprint density at radius 2 is 2.33 bits per heavy atom. The van der Waals surface area contributed by atoms with Crippen molar-refractivity contribution in [3.05, 3.63) is 0 Å². The molecular weight excluding hydrogens is 116 g/mol. The summed E-state index contributed by atoms with van der Waals surface area (Å²) in [5.74, 6) is 0. The minimum Gasteiger partial charge on any atom is -0.388 e. The Morgan fingerprint density at radius 1 is 1.67 bits per heavy atom. The molecule has 0 radical (unpaired) electrons. The molecule has 52 valence electrons. The molecule has 0 aromatic heterocycles. The van der Waals surface area contributed by atoms with Gasteiger partial charge in [-0.3, -0.25) is 4.90 Å². The van der Waals surface area contributed by atoms with E-state index < -0.39 is 0 Å². The summed E-state index contributed by atoms with van der Waals surface area (Å²) in [6, 6.07) is 0.597. The van der Waals surface area contributed by atoms with Crippen LogP contribution in [0.1, 0.15) is 12.8 Å². The summed E-state index contributed by atoms with van der Waals surface area (Å²) in [5.41, 5.74) is 5.08. The third kappa shape index (κ3) is 0.625. The fraction of sp³-hybridized carbons (Fsp3) is 1.00. The summed E-state index contributed by atoms with van der Waals surface area (Å²) in [4.78, 5) is 2.14. The number of hydrogen-bond acceptors (Lipinski definition) is 3. The summed E-state index contributed by atoms with van der Waals surface area (Å²) >= 11 is 0. The third-order valence-corrected chi connectivity index (χ3v) is 2.48. The first-order valence-electron chi connectivity index (χ1n) is 3.40. The molecule has 0 unspecified atom stereocenters. The topological polar surface area (TPSA) is 49.5 Å². The molecule has 0 amide bonds. The van der Waals surface area contributed by atoms with Crippen molar-refractivity contribution < 1.29 is 5.11 Å². The zero-order valence-electron chi connectivity index (χ0n) is 5.38. The van der Waals surface area contributed by atoms with Gasteiger partial charge in [-0.15, -0.1) is 0 Å². The molecule has 0 aromatic carbocycles. The molecule has 3 heteroatoms. The van der Waals surface area contributed by atoms with E-state index in [4.69, 9.17) is 5.73 Å². The predicted octanol–water partition coefficient (Wildman–Crippen LogP) is -0.888. The standard InChI is InChI=1S/C6H12N2O/c7-4-8-3-6(9)1-5(8)2-6/h5,9H,1-4,7H2. The minimum atomic E-state index is -0.343. The van der Waals surface area contributed by atoms with Gasteiger partial charge in [-0.05, 0) is 12.8 Å². The third-order valence-electron chi connectivity index (χ3n) is 2.48. The first-order valence-corrected chi connectivity index (χ1v) is 3.40. The van der Waals surface area contributed by atoms with Crippen LogP contribution in [0.3, 0.4) is 0 Å². The molecule has 3 nitrogen and oxygen atoms in total. The molecular formula is C6H12N2O. The Balaban J connectivity index is 2.06. The van der Waals surface area contributed by atoms with Gasteiger partial charge in [0.25, 0.3) is 0 Å². The summed E-state index contributed by atoms with van der Waals surface area (Å²) in [7, 11) is 0. The molecule has 0 aromatic rings. The van der Waals surface area contributed by atoms with Gasteiger partial charge in [0.2, 0.25) is 0 Å². The fourth-order valence-corrected chi connectivity index (χ4v) is 1.93. The van der Waals surface area contributed by atoms with Crippen LogP contribution in [0, 0.1) is 0 Å². The van der Waals surface area contributed by atoms with Crippen molar-refractivity contribution in [1.82, 2.24) is 4.90 Å². The summed E-state index contributed by atoms with van der Waals surface area (Å²) in [6.45, 7) is 1.40. The molecule has 0 spiro atoms. The van der Waals surface area contributed by atoms with Crippen LogP contribution >= 0.6 is 0 Å². The smallest absolute Gasteiger partial charge is 0.0804 e. The van der Waals surface area contributed by atoms with Crippen LogP contribution in [0.2, 0.25) is 0 Å². The van der Waals surface area contributed by atoms with Crippen LogP contribution in [0.25, 0.3) is 0 Å². The average Bonchev–Trinajstić information content (AvgIpc) is 2.18. The Morgan fingerprint density at radius 3 is 2.56 bits per heavy atom. The lowest BCUT2D eigenvalue weighted by Gasteiger charge is -2.31. The zero-order valence-corrected chi connectivity index (χ0v) is 5.38. The molecule has 3 rings (SSSR count). The molecule has 9 heavy (non-hydrogen) atoms. The van der Waals surface area contributed by atoms with Gasteiger partial charge >= 0.3 is 0 Å². The van der Waals surface area contributed by atoms with E-state index in [0.717, 1.165) is 19.4 Å². The van der Waals surface area contributed by atoms with Crippen LogP contribution in [-0.4, -0.2) is 34.9 Å². The Labute approximate surface area is 54.4 Å². The molecule has 0 atom stereocenters. The van der Waals surface area contributed by atoms with Gasteiger partial charge in [0.15, 0.2) is 0 Å². The summed E-state index contributed by atoms with van der Waals surface area (Å²) in [5, 5.41) is 9.46. The lowest BCUT2D eigenvalue weighted by atomic mass is 9.82. The first kappa shape index (κ1) is 5.65. The molecule has 3 aliphatic rings. The Hall–Kier alpha value is -0.120. The molecule has 1 saturated carbocycles. The lowest BCUT2D eigenvalue weighted by molar-refractivity contribution is 0.00694. The SMILES string of the molecule is NCN1CC2(O)CC1C2. The van der Waals surface area contributed by atoms with E-state index in [1.165, 1.54) is 0 Å². The van der Waals surface area contributed by atoms with E-state index in [-0.39, 0.29) is 5.60 Å². The van der Waals surface area contributed by atoms with Gasteiger partial charge in [0.05, 0.1) is 5.60 Å². The van der Waals surface area contributed by atoms with Gasteiger partial charge in [-0.2, -0.15) is 0 Å². The van der Waals surface area contributed by atoms with Crippen molar-refractivity contribution in [2.24, 2.45) is 5.73 Å². The van der Waals surface area contributed by atoms with Gasteiger partial charge in [-0.1, -0.05) is 0 Å². The predicted molar refractivity (Wildman–Crippen MR) is 33.7 cm³/mol. The molecule has 3 N–H and O–H groups in total. The van der Waals surface area contributed by atoms with Gasteiger partial charge in [0, 0.05) is 19.3 Å². The van der Waals surface area contributed by atoms with Gasteiger partial charge in [-0.25, -0.2) is 0 Å². The molecule has 2 saturated heterocycles. The number of fused-ring (bicyclic) bond motifs is 1. The maximum Gasteiger partial charge on any atom is 0.0804 e. The maximum atomic E-state index is 9.46. The van der Waals surface area contributed by atoms with E-state index in [0.29, 0.717) is 12.7 Å². The minimum absolute atomic E-state index is 0.343. The number of aliphatic hydroxyl groups is 1. The van der Waals surface area contributed by atoms with Crippen LogP contribution in [0.15, 0.2) is 0 Å².